The van der Waals surface area contributed by atoms with E-state index in [-0.39, 0.29) is 24.4 Å². The summed E-state index contributed by atoms with van der Waals surface area (Å²) in [5.41, 5.74) is 1.05. The molecule has 2 aliphatic heterocycles. The summed E-state index contributed by atoms with van der Waals surface area (Å²) in [7, 11) is 0. The molecule has 2 aliphatic rings. The largest absolute Gasteiger partial charge is 0.412 e. The minimum atomic E-state index is -0.910. The molecule has 0 bridgehead atoms. The van der Waals surface area contributed by atoms with Crippen molar-refractivity contribution >= 4 is 17.9 Å². The summed E-state index contributed by atoms with van der Waals surface area (Å²) in [6, 6.07) is 5.13. The molecule has 0 aliphatic carbocycles. The third-order valence-corrected chi connectivity index (χ3v) is 4.24. The predicted octanol–water partition coefficient (Wildman–Crippen LogP) is -0.456. The zero-order valence-electron chi connectivity index (χ0n) is 13.2. The molecule has 0 aromatic heterocycles. The Morgan fingerprint density at radius 3 is 2.75 bits per heavy atom. The molecular formula is C16H19N3O5. The molecule has 8 nitrogen and oxygen atoms in total. The molecule has 2 fully saturated rings. The first kappa shape index (κ1) is 16.3. The van der Waals surface area contributed by atoms with Crippen LogP contribution in [0.1, 0.15) is 12.0 Å². The first-order chi connectivity index (χ1) is 11.5. The van der Waals surface area contributed by atoms with Crippen molar-refractivity contribution in [1.29, 1.82) is 0 Å². The molecule has 0 spiro atoms. The lowest BCUT2D eigenvalue weighted by atomic mass is 10.1. The molecular weight excluding hydrogens is 314 g/mol. The number of nitrogens with zero attached hydrogens (tertiary/aromatic N) is 1. The van der Waals surface area contributed by atoms with E-state index in [1.54, 1.807) is 12.1 Å². The Hall–Kier alpha value is -2.61. The second-order valence-electron chi connectivity index (χ2n) is 6.03. The number of carbonyl (C=O) groups excluding carboxylic acids is 3. The second-order valence-corrected chi connectivity index (χ2v) is 6.03. The summed E-state index contributed by atoms with van der Waals surface area (Å²) in [5, 5.41) is 14.3. The molecule has 0 saturated carbocycles. The van der Waals surface area contributed by atoms with Gasteiger partial charge in [-0.15, -0.1) is 0 Å². The van der Waals surface area contributed by atoms with E-state index in [4.69, 9.17) is 9.84 Å². The van der Waals surface area contributed by atoms with Crippen LogP contribution in [0.4, 0.5) is 4.79 Å². The number of amides is 3. The molecule has 3 atom stereocenters. The van der Waals surface area contributed by atoms with Crippen molar-refractivity contribution in [2.45, 2.75) is 31.5 Å². The number of rotatable bonds is 3. The number of carbonyl (C=O) groups is 3. The van der Waals surface area contributed by atoms with E-state index in [1.165, 1.54) is 4.90 Å². The summed E-state index contributed by atoms with van der Waals surface area (Å²) in [5.74, 6) is -0.230. The van der Waals surface area contributed by atoms with E-state index in [2.05, 4.69) is 10.6 Å². The number of aryl methyl sites for hydroxylation is 1. The van der Waals surface area contributed by atoms with Gasteiger partial charge in [-0.2, -0.15) is 0 Å². The van der Waals surface area contributed by atoms with Crippen LogP contribution in [-0.4, -0.2) is 59.2 Å². The minimum Gasteiger partial charge on any atom is -0.410 e. The molecule has 8 heteroatoms. The van der Waals surface area contributed by atoms with Crippen molar-refractivity contribution < 1.29 is 24.2 Å². The van der Waals surface area contributed by atoms with E-state index >= 15 is 0 Å². The van der Waals surface area contributed by atoms with Gasteiger partial charge in [-0.3, -0.25) is 9.59 Å². The van der Waals surface area contributed by atoms with Crippen molar-refractivity contribution in [1.82, 2.24) is 15.5 Å². The Balaban J connectivity index is 1.59. The average Bonchev–Trinajstić information content (AvgIpc) is 2.97. The lowest BCUT2D eigenvalue weighted by molar-refractivity contribution is -0.148. The van der Waals surface area contributed by atoms with Crippen LogP contribution >= 0.6 is 0 Å². The van der Waals surface area contributed by atoms with Crippen LogP contribution in [0, 0.1) is 6.92 Å². The van der Waals surface area contributed by atoms with Crippen LogP contribution in [-0.2, 0) is 9.59 Å². The van der Waals surface area contributed by atoms with E-state index in [0.717, 1.165) is 5.56 Å². The van der Waals surface area contributed by atoms with Gasteiger partial charge in [-0.25, -0.2) is 4.79 Å². The van der Waals surface area contributed by atoms with E-state index in [1.807, 2.05) is 19.1 Å². The number of benzene rings is 1. The molecule has 2 saturated heterocycles. The summed E-state index contributed by atoms with van der Waals surface area (Å²) >= 11 is 0. The van der Waals surface area contributed by atoms with Gasteiger partial charge in [0.2, 0.25) is 11.8 Å². The van der Waals surface area contributed by atoms with Crippen molar-refractivity contribution in [2.24, 2.45) is 0 Å². The van der Waals surface area contributed by atoms with Gasteiger partial charge >= 0.3 is 6.09 Å². The first-order valence-electron chi connectivity index (χ1n) is 7.74. The van der Waals surface area contributed by atoms with Crippen LogP contribution in [0.15, 0.2) is 24.3 Å². The number of hydrogen-bond donors (Lipinski definition) is 3. The fraction of sp³-hybridized carbons (Fsp3) is 0.438. The third-order valence-electron chi connectivity index (χ3n) is 4.24. The summed E-state index contributed by atoms with van der Waals surface area (Å²) < 4.78 is 5.19. The number of piperazine rings is 1. The number of nitrogens with one attached hydrogen (secondary N) is 2. The number of hydrogen-bond acceptors (Lipinski definition) is 5. The van der Waals surface area contributed by atoms with Crippen LogP contribution < -0.4 is 15.4 Å². The molecule has 3 N–H and O–H groups in total. The maximum Gasteiger partial charge on any atom is 0.412 e. The molecule has 128 valence electrons. The molecule has 1 aromatic rings. The highest BCUT2D eigenvalue weighted by Gasteiger charge is 2.46. The van der Waals surface area contributed by atoms with Crippen LogP contribution in [0.3, 0.4) is 0 Å². The zero-order valence-corrected chi connectivity index (χ0v) is 13.2. The molecule has 24 heavy (non-hydrogen) atoms. The van der Waals surface area contributed by atoms with Crippen LogP contribution in [0.5, 0.6) is 5.75 Å². The van der Waals surface area contributed by atoms with Gasteiger partial charge in [-0.05, 0) is 25.5 Å². The number of ether oxygens (including phenoxy) is 1. The maximum atomic E-state index is 12.1. The van der Waals surface area contributed by atoms with Gasteiger partial charge in [0, 0.05) is 6.54 Å². The highest BCUT2D eigenvalue weighted by molar-refractivity contribution is 5.97. The van der Waals surface area contributed by atoms with Gasteiger partial charge < -0.3 is 25.4 Å². The van der Waals surface area contributed by atoms with E-state index in [9.17, 15) is 14.4 Å². The van der Waals surface area contributed by atoms with Gasteiger partial charge in [0.05, 0.1) is 12.6 Å². The SMILES string of the molecule is Cc1ccc(OC(=O)N[C@H]2C[C@H]3C(=O)N[C@H](CO)C(=O)N3C2)cc1. The second kappa shape index (κ2) is 6.48. The van der Waals surface area contributed by atoms with Gasteiger partial charge in [0.1, 0.15) is 17.8 Å². The van der Waals surface area contributed by atoms with Gasteiger partial charge in [0.15, 0.2) is 0 Å². The minimum absolute atomic E-state index is 0.219. The van der Waals surface area contributed by atoms with Crippen LogP contribution in [0.2, 0.25) is 0 Å². The number of aliphatic hydroxyl groups excluding tert-OH is 1. The van der Waals surface area contributed by atoms with Crippen LogP contribution in [0.25, 0.3) is 0 Å². The summed E-state index contributed by atoms with van der Waals surface area (Å²) in [6.45, 7) is 1.71. The molecule has 3 amide bonds. The lowest BCUT2D eigenvalue weighted by Crippen LogP contribution is -2.62. The normalized spacial score (nSPS) is 25.9. The fourth-order valence-corrected chi connectivity index (χ4v) is 3.00. The smallest absolute Gasteiger partial charge is 0.410 e. The molecule has 1 aromatic carbocycles. The molecule has 0 unspecified atom stereocenters. The van der Waals surface area contributed by atoms with E-state index in [0.29, 0.717) is 12.2 Å². The Bertz CT molecular complexity index is 660. The first-order valence-corrected chi connectivity index (χ1v) is 7.74. The third kappa shape index (κ3) is 3.18. The molecule has 0 radical (unpaired) electrons. The zero-order chi connectivity index (χ0) is 17.3. The van der Waals surface area contributed by atoms with Crippen molar-refractivity contribution in [3.8, 4) is 5.75 Å². The van der Waals surface area contributed by atoms with Crippen molar-refractivity contribution in [3.05, 3.63) is 29.8 Å². The monoisotopic (exact) mass is 333 g/mol. The topological polar surface area (TPSA) is 108 Å². The number of fused-ring (bicyclic) bond motifs is 1. The lowest BCUT2D eigenvalue weighted by Gasteiger charge is -2.33. The quantitative estimate of drug-likeness (QED) is 0.694. The highest BCUT2D eigenvalue weighted by Crippen LogP contribution is 2.23. The predicted molar refractivity (Wildman–Crippen MR) is 83.3 cm³/mol. The van der Waals surface area contributed by atoms with Crippen molar-refractivity contribution in [3.63, 3.8) is 0 Å². The van der Waals surface area contributed by atoms with Gasteiger partial charge in [-0.1, -0.05) is 17.7 Å². The summed E-state index contributed by atoms with van der Waals surface area (Å²) in [4.78, 5) is 37.5. The Kier molecular flexibility index (Phi) is 4.39. The number of aliphatic hydroxyl groups is 1. The highest BCUT2D eigenvalue weighted by atomic mass is 16.6. The standard InChI is InChI=1S/C16H19N3O5/c1-9-2-4-11(5-3-9)24-16(23)17-10-6-13-14(21)18-12(8-20)15(22)19(13)7-10/h2-5,10,12-13,20H,6-8H2,1H3,(H,17,23)(H,18,21)/t10-,12+,13-/m0/s1. The van der Waals surface area contributed by atoms with E-state index < -0.39 is 24.8 Å². The Morgan fingerprint density at radius 2 is 2.08 bits per heavy atom. The fourth-order valence-electron chi connectivity index (χ4n) is 3.00. The Morgan fingerprint density at radius 1 is 1.38 bits per heavy atom. The van der Waals surface area contributed by atoms with Crippen molar-refractivity contribution in [2.75, 3.05) is 13.2 Å². The average molecular weight is 333 g/mol. The van der Waals surface area contributed by atoms with Gasteiger partial charge in [0.25, 0.3) is 0 Å². The Labute approximate surface area is 138 Å². The molecule has 3 rings (SSSR count). The summed E-state index contributed by atoms with van der Waals surface area (Å²) in [6.07, 6.45) is -0.311. The molecule has 2 heterocycles. The maximum absolute atomic E-state index is 12.1.